The van der Waals surface area contributed by atoms with E-state index in [2.05, 4.69) is 26.1 Å². The Hall–Kier alpha value is -1.60. The zero-order chi connectivity index (χ0) is 6.24. The Labute approximate surface area is 43.1 Å². The molecule has 0 aliphatic carbocycles. The van der Waals surface area contributed by atoms with E-state index in [0.717, 1.165) is 0 Å². The first-order valence-electron chi connectivity index (χ1n) is 1.41. The Morgan fingerprint density at radius 3 is 2.12 bits per heavy atom. The maximum absolute atomic E-state index is 9.08. The molecule has 0 aliphatic heterocycles. The van der Waals surface area contributed by atoms with Crippen LogP contribution < -0.4 is 0 Å². The molecule has 0 amide bonds. The third kappa shape index (κ3) is 4.40. The highest BCUT2D eigenvalue weighted by atomic mass is 16.3. The summed E-state index contributed by atoms with van der Waals surface area (Å²) < 4.78 is 0. The van der Waals surface area contributed by atoms with Gasteiger partial charge in [-0.05, 0) is 15.7 Å². The molecule has 0 aliphatic rings. The van der Waals surface area contributed by atoms with E-state index in [-0.39, 0.29) is 0 Å². The van der Waals surface area contributed by atoms with Gasteiger partial charge in [0.25, 0.3) is 0 Å². The van der Waals surface area contributed by atoms with E-state index < -0.39 is 0 Å². The minimum Gasteiger partial charge on any atom is -0.183 e. The van der Waals surface area contributed by atoms with Gasteiger partial charge in [0.2, 0.25) is 0 Å². The van der Waals surface area contributed by atoms with E-state index in [1.165, 1.54) is 0 Å². The van der Waals surface area contributed by atoms with E-state index >= 15 is 0 Å². The summed E-state index contributed by atoms with van der Waals surface area (Å²) in [5.41, 5.74) is 5.99. The monoisotopic (exact) mass is 115 g/mol. The zero-order valence-electron chi connectivity index (χ0n) is 3.59. The van der Waals surface area contributed by atoms with Crippen LogP contribution in [0.5, 0.6) is 0 Å². The van der Waals surface area contributed by atoms with Gasteiger partial charge in [-0.25, -0.2) is 0 Å². The Morgan fingerprint density at radius 2 is 1.62 bits per heavy atom. The Balaban J connectivity index is 3.41. The predicted molar refractivity (Wildman–Crippen MR) is 20.7 cm³/mol. The van der Waals surface area contributed by atoms with Crippen molar-refractivity contribution in [3.8, 4) is 0 Å². The normalized spacial score (nSPS) is 10.5. The third-order valence-corrected chi connectivity index (χ3v) is 0.201. The quantitative estimate of drug-likeness (QED) is 0.334. The molecule has 0 aromatic carbocycles. The van der Waals surface area contributed by atoms with Crippen molar-refractivity contribution in [2.24, 2.45) is 31.4 Å². The summed E-state index contributed by atoms with van der Waals surface area (Å²) in [5.74, 6) is 0. The van der Waals surface area contributed by atoms with Crippen LogP contribution in [0.15, 0.2) is 31.4 Å². The molecule has 8 heteroatoms. The van der Waals surface area contributed by atoms with Gasteiger partial charge in [-0.3, -0.25) is 0 Å². The highest BCUT2D eigenvalue weighted by Crippen LogP contribution is 1.79. The minimum absolute atomic E-state index is 1.96. The zero-order valence-corrected chi connectivity index (χ0v) is 3.59. The summed E-state index contributed by atoms with van der Waals surface area (Å²) >= 11 is 0. The Bertz CT molecular complexity index is 104. The summed E-state index contributed by atoms with van der Waals surface area (Å²) in [5, 5.41) is 14.9. The van der Waals surface area contributed by atoms with Crippen LogP contribution in [0.1, 0.15) is 0 Å². The highest BCUT2D eigenvalue weighted by Gasteiger charge is 1.61. The first kappa shape index (κ1) is 6.40. The predicted octanol–water partition coefficient (Wildman–Crippen LogP) is 1.43. The number of nitrogens with zero attached hydrogens (tertiary/aromatic N) is 6. The molecule has 0 saturated heterocycles. The van der Waals surface area contributed by atoms with E-state index in [1.807, 2.05) is 5.29 Å². The number of nitrogens with one attached hydrogen (secondary N) is 1. The molecule has 42 valence electrons. The second kappa shape index (κ2) is 5.40. The summed E-state index contributed by atoms with van der Waals surface area (Å²) in [4.78, 5) is 9.08. The molecule has 8 heavy (non-hydrogen) atoms. The standard InChI is InChI=1S/HN7O/c1-2-3-4-5-6-7-8/h1H/b2-1?,4-3+,6-5+. The second-order valence-corrected chi connectivity index (χ2v) is 0.539. The van der Waals surface area contributed by atoms with Gasteiger partial charge in [0.05, 0.1) is 0 Å². The average molecular weight is 115 g/mol. The van der Waals surface area contributed by atoms with Gasteiger partial charge in [0.1, 0.15) is 5.29 Å². The van der Waals surface area contributed by atoms with E-state index in [4.69, 9.17) is 10.4 Å². The lowest BCUT2D eigenvalue weighted by Crippen LogP contribution is -1.42. The molecule has 0 aromatic heterocycles. The van der Waals surface area contributed by atoms with Crippen LogP contribution in [0, 0.1) is 10.4 Å². The first-order chi connectivity index (χ1) is 3.91. The number of hydrogen-bond donors (Lipinski definition) is 1. The van der Waals surface area contributed by atoms with Crippen LogP contribution >= 0.6 is 0 Å². The molecule has 0 atom stereocenters. The molecule has 0 radical (unpaired) electrons. The van der Waals surface area contributed by atoms with Crippen molar-refractivity contribution in [1.29, 1.82) is 5.53 Å². The number of nitroso groups, excluding NO2 is 1. The van der Waals surface area contributed by atoms with Crippen LogP contribution in [0.4, 0.5) is 0 Å². The fourth-order valence-electron chi connectivity index (χ4n) is 0.0721. The van der Waals surface area contributed by atoms with Crippen molar-refractivity contribution >= 4 is 0 Å². The highest BCUT2D eigenvalue weighted by molar-refractivity contribution is 4.09. The van der Waals surface area contributed by atoms with Crippen molar-refractivity contribution in [3.63, 3.8) is 0 Å². The smallest absolute Gasteiger partial charge is 0.102 e. The molecule has 0 heterocycles. The molecule has 1 N–H and O–H groups in total. The topological polar surface area (TPSA) is 115 Å². The average Bonchev–Trinajstić information content (AvgIpc) is 1.81. The van der Waals surface area contributed by atoms with Crippen LogP contribution in [0.25, 0.3) is 0 Å². The van der Waals surface area contributed by atoms with Crippen LogP contribution in [-0.2, 0) is 0 Å². The molecule has 0 saturated carbocycles. The van der Waals surface area contributed by atoms with Gasteiger partial charge >= 0.3 is 0 Å². The lowest BCUT2D eigenvalue weighted by molar-refractivity contribution is 0.805. The maximum atomic E-state index is 9.08. The lowest BCUT2D eigenvalue weighted by Gasteiger charge is -1.60. The minimum atomic E-state index is 1.96. The van der Waals surface area contributed by atoms with Crippen LogP contribution in [-0.4, -0.2) is 0 Å². The molecule has 0 bridgehead atoms. The van der Waals surface area contributed by atoms with Crippen molar-refractivity contribution < 1.29 is 0 Å². The second-order valence-electron chi connectivity index (χ2n) is 0.539. The number of hydrogen-bond acceptors (Lipinski definition) is 2. The van der Waals surface area contributed by atoms with Gasteiger partial charge < -0.3 is 0 Å². The van der Waals surface area contributed by atoms with Gasteiger partial charge in [0.15, 0.2) is 0 Å². The molecule has 0 unspecified atom stereocenters. The fourth-order valence-corrected chi connectivity index (χ4v) is 0.0721. The van der Waals surface area contributed by atoms with Crippen molar-refractivity contribution in [2.45, 2.75) is 0 Å². The molecule has 0 spiro atoms. The van der Waals surface area contributed by atoms with Crippen LogP contribution in [0.2, 0.25) is 0 Å². The largest absolute Gasteiger partial charge is 0.183 e. The van der Waals surface area contributed by atoms with E-state index in [9.17, 15) is 0 Å². The number of rotatable bonds is 3. The summed E-state index contributed by atoms with van der Waals surface area (Å²) in [6.07, 6.45) is 0. The van der Waals surface area contributed by atoms with Crippen molar-refractivity contribution in [1.82, 2.24) is 0 Å². The van der Waals surface area contributed by atoms with Crippen LogP contribution in [0.3, 0.4) is 0 Å². The molecule has 8 nitrogen and oxygen atoms in total. The molecule has 0 fully saturated rings. The Morgan fingerprint density at radius 1 is 1.00 bits per heavy atom. The van der Waals surface area contributed by atoms with Gasteiger partial charge in [-0.15, -0.1) is 4.91 Å². The van der Waals surface area contributed by atoms with E-state index in [1.54, 1.807) is 0 Å². The maximum Gasteiger partial charge on any atom is 0.102 e. The van der Waals surface area contributed by atoms with E-state index in [0.29, 0.717) is 0 Å². The SMILES string of the molecule is N=N/N=N/N=N/N=O. The van der Waals surface area contributed by atoms with Gasteiger partial charge in [0, 0.05) is 10.4 Å². The third-order valence-electron chi connectivity index (χ3n) is 0.201. The van der Waals surface area contributed by atoms with Gasteiger partial charge in [-0.2, -0.15) is 5.53 Å². The Kier molecular flexibility index (Phi) is 4.32. The molecule has 0 aromatic rings. The molecule has 0 rings (SSSR count). The first-order valence-corrected chi connectivity index (χ1v) is 1.41. The molecular formula is HN7O. The molecular weight excluding hydrogens is 114 g/mol. The fraction of sp³-hybridized carbons (Fsp3) is 0. The summed E-state index contributed by atoms with van der Waals surface area (Å²) in [6.45, 7) is 0. The lowest BCUT2D eigenvalue weighted by atomic mass is 12.4. The van der Waals surface area contributed by atoms with Crippen molar-refractivity contribution in [3.05, 3.63) is 4.91 Å². The van der Waals surface area contributed by atoms with Crippen molar-refractivity contribution in [2.75, 3.05) is 0 Å². The van der Waals surface area contributed by atoms with Gasteiger partial charge in [-0.1, -0.05) is 0 Å². The summed E-state index contributed by atoms with van der Waals surface area (Å²) in [6, 6.07) is 0. The summed E-state index contributed by atoms with van der Waals surface area (Å²) in [7, 11) is 0.